The largest absolute Gasteiger partial charge is 0.311 e. The number of rotatable bonds is 8. The van der Waals surface area contributed by atoms with E-state index < -0.39 is 11.1 Å². The zero-order valence-electron chi connectivity index (χ0n) is 25.2. The molecule has 0 aliphatic carbocycles. The molecule has 7 rings (SSSR count). The Balaban J connectivity index is 1.08. The highest BCUT2D eigenvalue weighted by Gasteiger charge is 2.18. The van der Waals surface area contributed by atoms with E-state index in [2.05, 4.69) is 14.8 Å². The Morgan fingerprint density at radius 1 is 0.646 bits per heavy atom. The maximum Gasteiger partial charge on any atom is 0.276 e. The Hall–Kier alpha value is -5.94. The van der Waals surface area contributed by atoms with Crippen LogP contribution < -0.4 is 11.1 Å². The molecule has 0 aliphatic rings. The van der Waals surface area contributed by atoms with Crippen LogP contribution in [-0.4, -0.2) is 19.9 Å². The molecule has 48 heavy (non-hydrogen) atoms. The van der Waals surface area contributed by atoms with Gasteiger partial charge in [0.25, 0.3) is 16.8 Å². The van der Waals surface area contributed by atoms with E-state index in [0.717, 1.165) is 43.8 Å². The normalized spacial score (nSPS) is 11.0. The minimum absolute atomic E-state index is 0.0126. The van der Waals surface area contributed by atoms with E-state index in [1.807, 2.05) is 115 Å². The van der Waals surface area contributed by atoms with Crippen LogP contribution in [-0.2, 0) is 11.5 Å². The van der Waals surface area contributed by atoms with E-state index in [9.17, 15) is 14.9 Å². The summed E-state index contributed by atoms with van der Waals surface area (Å²) in [6.07, 6.45) is 0. The van der Waals surface area contributed by atoms with Crippen LogP contribution in [0.2, 0.25) is 0 Å². The van der Waals surface area contributed by atoms with Gasteiger partial charge in [0, 0.05) is 17.1 Å². The molecule has 5 aromatic carbocycles. The van der Waals surface area contributed by atoms with Crippen molar-refractivity contribution < 1.29 is 0 Å². The summed E-state index contributed by atoms with van der Waals surface area (Å²) in [6.45, 7) is 7.63. The van der Waals surface area contributed by atoms with Crippen LogP contribution in [0, 0.1) is 17.9 Å². The van der Waals surface area contributed by atoms with Crippen LogP contribution in [0.5, 0.6) is 0 Å². The molecule has 2 aromatic heterocycles. The number of nitrogens with one attached hydrogen (secondary N) is 2. The summed E-state index contributed by atoms with van der Waals surface area (Å²) < 4.78 is 0. The molecule has 2 heterocycles. The second-order valence-corrected chi connectivity index (χ2v) is 12.8. The van der Waals surface area contributed by atoms with E-state index in [1.165, 1.54) is 23.5 Å². The Labute approximate surface area is 283 Å². The summed E-state index contributed by atoms with van der Waals surface area (Å²) in [6, 6.07) is 37.3. The predicted molar refractivity (Wildman–Crippen MR) is 192 cm³/mol. The molecule has 0 radical (unpaired) electrons. The predicted octanol–water partition coefficient (Wildman–Crippen LogP) is 8.50. The minimum Gasteiger partial charge on any atom is -0.311 e. The summed E-state index contributed by atoms with van der Waals surface area (Å²) in [7, 11) is 0. The van der Waals surface area contributed by atoms with Crippen molar-refractivity contribution in [3.63, 3.8) is 0 Å². The minimum atomic E-state index is -0.468. The SMILES string of the molecule is [C-]#[N+]c1c(-c2cccc3ccccc23)nc(SCc2ccc(CSc3nc(-c4cccc5ccccc45)c(C#N)c(=O)[nH]3)cc2)[nH]c1=O. The van der Waals surface area contributed by atoms with Gasteiger partial charge in [-0.3, -0.25) is 9.59 Å². The number of fused-ring (bicyclic) bond motifs is 2. The van der Waals surface area contributed by atoms with Gasteiger partial charge >= 0.3 is 0 Å². The van der Waals surface area contributed by atoms with Crippen molar-refractivity contribution in [2.45, 2.75) is 21.8 Å². The summed E-state index contributed by atoms with van der Waals surface area (Å²) in [5.41, 5.74) is 3.31. The van der Waals surface area contributed by atoms with E-state index >= 15 is 0 Å². The first-order valence-electron chi connectivity index (χ1n) is 14.9. The summed E-state index contributed by atoms with van der Waals surface area (Å²) in [4.78, 5) is 44.2. The van der Waals surface area contributed by atoms with Crippen molar-refractivity contribution in [2.75, 3.05) is 0 Å². The highest BCUT2D eigenvalue weighted by Crippen LogP contribution is 2.34. The van der Waals surface area contributed by atoms with Crippen LogP contribution in [0.4, 0.5) is 5.69 Å². The molecule has 230 valence electrons. The van der Waals surface area contributed by atoms with Gasteiger partial charge in [0.05, 0.1) is 18.0 Å². The standard InChI is InChI=1S/C38H24N6O2S2/c1-40-34-33(30-15-7-11-26-9-3-5-13-28(26)30)42-38(44-36(34)46)48-22-24-18-16-23(17-19-24)21-47-37-41-32(31(20-39)35(45)43-37)29-14-6-10-25-8-2-4-12-27(25)29/h2-19H,21-22H2,(H,41,43,45)(H,42,44,46). The first-order chi connectivity index (χ1) is 23.5. The summed E-state index contributed by atoms with van der Waals surface area (Å²) >= 11 is 2.78. The third-order valence-corrected chi connectivity index (χ3v) is 9.75. The monoisotopic (exact) mass is 660 g/mol. The second kappa shape index (κ2) is 13.4. The van der Waals surface area contributed by atoms with Crippen molar-refractivity contribution in [3.8, 4) is 28.6 Å². The molecular weight excluding hydrogens is 637 g/mol. The average Bonchev–Trinajstić information content (AvgIpc) is 3.12. The number of benzene rings is 5. The fourth-order valence-electron chi connectivity index (χ4n) is 5.52. The Morgan fingerprint density at radius 2 is 1.12 bits per heavy atom. The molecule has 0 saturated carbocycles. The van der Waals surface area contributed by atoms with Gasteiger partial charge in [-0.2, -0.15) is 5.26 Å². The highest BCUT2D eigenvalue weighted by atomic mass is 32.2. The van der Waals surface area contributed by atoms with Crippen LogP contribution in [0.25, 0.3) is 48.9 Å². The van der Waals surface area contributed by atoms with Crippen molar-refractivity contribution in [1.29, 1.82) is 5.26 Å². The second-order valence-electron chi connectivity index (χ2n) is 10.8. The van der Waals surface area contributed by atoms with Crippen molar-refractivity contribution in [2.24, 2.45) is 0 Å². The Morgan fingerprint density at radius 3 is 1.67 bits per heavy atom. The molecule has 0 amide bonds. The molecule has 8 nitrogen and oxygen atoms in total. The topological polar surface area (TPSA) is 120 Å². The van der Waals surface area contributed by atoms with Gasteiger partial charge in [-0.15, -0.1) is 0 Å². The fraction of sp³-hybridized carbons (Fsp3) is 0.0526. The molecule has 0 unspecified atom stereocenters. The lowest BCUT2D eigenvalue weighted by Crippen LogP contribution is -2.14. The van der Waals surface area contributed by atoms with E-state index in [4.69, 9.17) is 16.5 Å². The lowest BCUT2D eigenvalue weighted by Gasteiger charge is -2.10. The third kappa shape index (κ3) is 6.10. The number of H-pyrrole nitrogens is 2. The summed E-state index contributed by atoms with van der Waals surface area (Å²) in [5.74, 6) is 1.11. The van der Waals surface area contributed by atoms with E-state index in [0.29, 0.717) is 33.2 Å². The zero-order valence-corrected chi connectivity index (χ0v) is 26.9. The number of nitrogens with zero attached hydrogens (tertiary/aromatic N) is 4. The van der Waals surface area contributed by atoms with Crippen LogP contribution >= 0.6 is 23.5 Å². The average molecular weight is 661 g/mol. The maximum absolute atomic E-state index is 12.9. The number of nitriles is 1. The molecule has 10 heteroatoms. The number of hydrogen-bond acceptors (Lipinski definition) is 7. The van der Waals surface area contributed by atoms with Crippen LogP contribution in [0.1, 0.15) is 16.7 Å². The zero-order chi connectivity index (χ0) is 33.0. The number of thioether (sulfide) groups is 2. The molecule has 2 N–H and O–H groups in total. The molecule has 7 aromatic rings. The van der Waals surface area contributed by atoms with Gasteiger partial charge in [0.1, 0.15) is 11.6 Å². The first kappa shape index (κ1) is 30.7. The third-order valence-electron chi connectivity index (χ3n) is 7.86. The molecule has 0 saturated heterocycles. The van der Waals surface area contributed by atoms with E-state index in [-0.39, 0.29) is 11.3 Å². The van der Waals surface area contributed by atoms with Crippen LogP contribution in [0.15, 0.2) is 129 Å². The lowest BCUT2D eigenvalue weighted by atomic mass is 10.00. The number of hydrogen-bond donors (Lipinski definition) is 2. The molecule has 0 spiro atoms. The van der Waals surface area contributed by atoms with Gasteiger partial charge in [-0.25, -0.2) is 14.8 Å². The van der Waals surface area contributed by atoms with Gasteiger partial charge in [-0.05, 0) is 38.2 Å². The fourth-order valence-corrected chi connectivity index (χ4v) is 7.16. The Kier molecular flexibility index (Phi) is 8.59. The van der Waals surface area contributed by atoms with Crippen molar-refractivity contribution in [1.82, 2.24) is 19.9 Å². The quantitative estimate of drug-likeness (QED) is 0.0953. The van der Waals surface area contributed by atoms with Gasteiger partial charge in [0.2, 0.25) is 0 Å². The molecule has 0 atom stereocenters. The number of aromatic nitrogens is 4. The Bertz CT molecular complexity index is 2360. The number of aromatic amines is 2. The summed E-state index contributed by atoms with van der Waals surface area (Å²) in [5, 5.41) is 14.5. The van der Waals surface area contributed by atoms with E-state index in [1.54, 1.807) is 0 Å². The smallest absolute Gasteiger partial charge is 0.276 e. The van der Waals surface area contributed by atoms with Gasteiger partial charge < -0.3 is 9.97 Å². The van der Waals surface area contributed by atoms with Gasteiger partial charge in [0.15, 0.2) is 10.3 Å². The van der Waals surface area contributed by atoms with Crippen LogP contribution in [0.3, 0.4) is 0 Å². The maximum atomic E-state index is 12.9. The molecule has 0 fully saturated rings. The first-order valence-corrected chi connectivity index (χ1v) is 16.9. The highest BCUT2D eigenvalue weighted by molar-refractivity contribution is 7.98. The van der Waals surface area contributed by atoms with Gasteiger partial charge in [-0.1, -0.05) is 133 Å². The molecule has 0 bridgehead atoms. The van der Waals surface area contributed by atoms with Crippen molar-refractivity contribution in [3.05, 3.63) is 158 Å². The molecule has 0 aliphatic heterocycles. The molecular formula is C38H24N6O2S2. The van der Waals surface area contributed by atoms with Crippen molar-refractivity contribution >= 4 is 50.8 Å². The lowest BCUT2D eigenvalue weighted by molar-refractivity contribution is 0.935.